The summed E-state index contributed by atoms with van der Waals surface area (Å²) in [5.74, 6) is 0.0940. The van der Waals surface area contributed by atoms with Gasteiger partial charge in [0.25, 0.3) is 0 Å². The lowest BCUT2D eigenvalue weighted by Crippen LogP contribution is -2.38. The maximum absolute atomic E-state index is 12.4. The van der Waals surface area contributed by atoms with Crippen molar-refractivity contribution in [2.45, 2.75) is 6.54 Å². The summed E-state index contributed by atoms with van der Waals surface area (Å²) in [6, 6.07) is 23.7. The van der Waals surface area contributed by atoms with Crippen molar-refractivity contribution in [2.24, 2.45) is 0 Å². The van der Waals surface area contributed by atoms with E-state index in [4.69, 9.17) is 0 Å². The van der Waals surface area contributed by atoms with Gasteiger partial charge in [-0.3, -0.25) is 4.79 Å². The van der Waals surface area contributed by atoms with Crippen molar-refractivity contribution >= 4 is 38.7 Å². The van der Waals surface area contributed by atoms with E-state index in [-0.39, 0.29) is 22.8 Å². The molecule has 116 valence electrons. The second-order valence-corrected chi connectivity index (χ2v) is 5.83. The van der Waals surface area contributed by atoms with Gasteiger partial charge in [0, 0.05) is 33.6 Å². The number of hydrogen-bond donors (Lipinski definition) is 0. The number of rotatable bonds is 4. The molecule has 3 rings (SSSR count). The van der Waals surface area contributed by atoms with Crippen LogP contribution in [0.2, 0.25) is 0 Å². The molecular weight excluding hydrogens is 418 g/mol. The SMILES string of the molecule is Br.O=C(C[n+]1ccccc1Br)c1ccc(-c2ccccc2)cc1. The molecule has 0 saturated carbocycles. The van der Waals surface area contributed by atoms with Crippen LogP contribution < -0.4 is 4.57 Å². The highest BCUT2D eigenvalue weighted by molar-refractivity contribution is 9.10. The van der Waals surface area contributed by atoms with Gasteiger partial charge in [0.1, 0.15) is 0 Å². The van der Waals surface area contributed by atoms with Gasteiger partial charge in [-0.25, -0.2) is 0 Å². The van der Waals surface area contributed by atoms with Gasteiger partial charge in [-0.2, -0.15) is 4.57 Å². The molecule has 0 spiro atoms. The highest BCUT2D eigenvalue weighted by Crippen LogP contribution is 2.19. The molecule has 2 nitrogen and oxygen atoms in total. The Bertz CT molecular complexity index is 786. The molecule has 0 aliphatic heterocycles. The van der Waals surface area contributed by atoms with Gasteiger partial charge < -0.3 is 0 Å². The number of nitrogens with zero attached hydrogens (tertiary/aromatic N) is 1. The molecule has 0 atom stereocenters. The van der Waals surface area contributed by atoms with E-state index < -0.39 is 0 Å². The van der Waals surface area contributed by atoms with Crippen LogP contribution in [0.15, 0.2) is 83.6 Å². The summed E-state index contributed by atoms with van der Waals surface area (Å²) in [7, 11) is 0. The summed E-state index contributed by atoms with van der Waals surface area (Å²) < 4.78 is 2.78. The third-order valence-corrected chi connectivity index (χ3v) is 4.23. The predicted octanol–water partition coefficient (Wildman–Crippen LogP) is 4.86. The number of halogens is 2. The second kappa shape index (κ2) is 8.18. The summed E-state index contributed by atoms with van der Waals surface area (Å²) in [4.78, 5) is 12.4. The Morgan fingerprint density at radius 3 is 2.09 bits per heavy atom. The molecule has 3 aromatic rings. The van der Waals surface area contributed by atoms with Crippen LogP contribution in [-0.2, 0) is 6.54 Å². The van der Waals surface area contributed by atoms with Crippen LogP contribution in [0, 0.1) is 0 Å². The minimum Gasteiger partial charge on any atom is -0.287 e. The Kier molecular flexibility index (Phi) is 6.25. The first-order valence-corrected chi connectivity index (χ1v) is 7.86. The summed E-state index contributed by atoms with van der Waals surface area (Å²) in [5.41, 5.74) is 3.00. The molecule has 1 heterocycles. The van der Waals surface area contributed by atoms with E-state index in [0.717, 1.165) is 21.3 Å². The first kappa shape index (κ1) is 17.6. The normalized spacial score (nSPS) is 9.96. The molecule has 0 fully saturated rings. The molecule has 4 heteroatoms. The lowest BCUT2D eigenvalue weighted by molar-refractivity contribution is -0.694. The summed E-state index contributed by atoms with van der Waals surface area (Å²) in [6.45, 7) is 0.326. The Hall–Kier alpha value is -1.78. The van der Waals surface area contributed by atoms with Crippen molar-refractivity contribution in [3.05, 3.63) is 89.2 Å². The second-order valence-electron chi connectivity index (χ2n) is 5.02. The maximum atomic E-state index is 12.4. The standard InChI is InChI=1S/C19H15BrNO.BrH/c20-19-8-4-5-13-21(19)14-18(22)17-11-9-16(10-12-17)15-6-2-1-3-7-15;/h1-13H,14H2;1H/q+1;. The van der Waals surface area contributed by atoms with Gasteiger partial charge >= 0.3 is 0 Å². The third kappa shape index (κ3) is 4.36. The molecular formula is C19H16Br2NO+. The summed E-state index contributed by atoms with van der Waals surface area (Å²) in [5, 5.41) is 0. The van der Waals surface area contributed by atoms with Crippen molar-refractivity contribution in [2.75, 3.05) is 0 Å². The Morgan fingerprint density at radius 1 is 0.826 bits per heavy atom. The largest absolute Gasteiger partial charge is 0.287 e. The fourth-order valence-corrected chi connectivity index (χ4v) is 2.71. The number of benzene rings is 2. The van der Waals surface area contributed by atoms with E-state index in [0.29, 0.717) is 6.54 Å². The number of hydrogen-bond acceptors (Lipinski definition) is 1. The number of ketones is 1. The quantitative estimate of drug-likeness (QED) is 0.327. The first-order chi connectivity index (χ1) is 10.7. The van der Waals surface area contributed by atoms with E-state index in [1.165, 1.54) is 0 Å². The summed E-state index contributed by atoms with van der Waals surface area (Å²) >= 11 is 3.45. The molecule has 0 aliphatic rings. The zero-order valence-corrected chi connectivity index (χ0v) is 15.7. The Balaban J connectivity index is 0.00000192. The molecule has 23 heavy (non-hydrogen) atoms. The first-order valence-electron chi connectivity index (χ1n) is 7.07. The third-order valence-electron chi connectivity index (χ3n) is 3.51. The highest BCUT2D eigenvalue weighted by Gasteiger charge is 2.14. The van der Waals surface area contributed by atoms with Crippen molar-refractivity contribution < 1.29 is 9.36 Å². The molecule has 0 radical (unpaired) electrons. The lowest BCUT2D eigenvalue weighted by Gasteiger charge is -2.03. The number of pyridine rings is 1. The van der Waals surface area contributed by atoms with Crippen molar-refractivity contribution in [3.8, 4) is 11.1 Å². The molecule has 0 bridgehead atoms. The topological polar surface area (TPSA) is 20.9 Å². The Labute approximate surface area is 154 Å². The zero-order valence-electron chi connectivity index (χ0n) is 12.4. The van der Waals surface area contributed by atoms with Crippen LogP contribution in [-0.4, -0.2) is 5.78 Å². The summed E-state index contributed by atoms with van der Waals surface area (Å²) in [6.07, 6.45) is 1.89. The van der Waals surface area contributed by atoms with E-state index in [1.54, 1.807) is 0 Å². The molecule has 0 amide bonds. The zero-order chi connectivity index (χ0) is 15.4. The van der Waals surface area contributed by atoms with E-state index in [1.807, 2.05) is 71.4 Å². The van der Waals surface area contributed by atoms with E-state index >= 15 is 0 Å². The average molecular weight is 434 g/mol. The van der Waals surface area contributed by atoms with Gasteiger partial charge in [-0.05, 0) is 17.2 Å². The molecule has 0 unspecified atom stereocenters. The van der Waals surface area contributed by atoms with Crippen molar-refractivity contribution in [1.82, 2.24) is 0 Å². The van der Waals surface area contributed by atoms with Crippen LogP contribution in [0.5, 0.6) is 0 Å². The smallest absolute Gasteiger partial charge is 0.248 e. The fourth-order valence-electron chi connectivity index (χ4n) is 2.31. The van der Waals surface area contributed by atoms with Crippen molar-refractivity contribution in [3.63, 3.8) is 0 Å². The van der Waals surface area contributed by atoms with Gasteiger partial charge in [-0.1, -0.05) is 54.6 Å². The number of carbonyl (C=O) groups is 1. The predicted molar refractivity (Wildman–Crippen MR) is 101 cm³/mol. The van der Waals surface area contributed by atoms with Crippen LogP contribution in [0.25, 0.3) is 11.1 Å². The van der Waals surface area contributed by atoms with Crippen LogP contribution >= 0.6 is 32.9 Å². The van der Waals surface area contributed by atoms with Crippen molar-refractivity contribution in [1.29, 1.82) is 0 Å². The molecule has 0 aliphatic carbocycles. The monoisotopic (exact) mass is 432 g/mol. The minimum absolute atomic E-state index is 0. The number of Topliss-reactive ketones (excluding diaryl/α,β-unsaturated/α-hetero) is 1. The minimum atomic E-state index is 0. The molecule has 2 aromatic carbocycles. The highest BCUT2D eigenvalue weighted by atomic mass is 79.9. The number of carbonyl (C=O) groups excluding carboxylic acids is 1. The Morgan fingerprint density at radius 2 is 1.43 bits per heavy atom. The molecule has 1 aromatic heterocycles. The molecule has 0 N–H and O–H groups in total. The van der Waals surface area contributed by atoms with Crippen LogP contribution in [0.4, 0.5) is 0 Å². The maximum Gasteiger partial charge on any atom is 0.248 e. The average Bonchev–Trinajstić information content (AvgIpc) is 2.58. The number of aromatic nitrogens is 1. The van der Waals surface area contributed by atoms with Gasteiger partial charge in [0.15, 0.2) is 6.20 Å². The van der Waals surface area contributed by atoms with Gasteiger partial charge in [0.05, 0.1) is 0 Å². The van der Waals surface area contributed by atoms with Crippen LogP contribution in [0.1, 0.15) is 10.4 Å². The lowest BCUT2D eigenvalue weighted by atomic mass is 10.0. The van der Waals surface area contributed by atoms with E-state index in [9.17, 15) is 4.79 Å². The van der Waals surface area contributed by atoms with Crippen LogP contribution in [0.3, 0.4) is 0 Å². The van der Waals surface area contributed by atoms with Gasteiger partial charge in [0.2, 0.25) is 16.9 Å². The molecule has 0 saturated heterocycles. The van der Waals surface area contributed by atoms with Gasteiger partial charge in [-0.15, -0.1) is 17.0 Å². The fraction of sp³-hybridized carbons (Fsp3) is 0.0526. The van der Waals surface area contributed by atoms with E-state index in [2.05, 4.69) is 28.1 Å².